The van der Waals surface area contributed by atoms with Crippen LogP contribution in [0.2, 0.25) is 0 Å². The number of amides is 2. The Morgan fingerprint density at radius 1 is 1.62 bits per heavy atom. The molecule has 3 N–H and O–H groups in total. The molecule has 0 aliphatic carbocycles. The van der Waals surface area contributed by atoms with Crippen molar-refractivity contribution < 1.29 is 19.5 Å². The van der Waals surface area contributed by atoms with E-state index in [0.29, 0.717) is 0 Å². The monoisotopic (exact) mass is 228 g/mol. The van der Waals surface area contributed by atoms with E-state index in [-0.39, 0.29) is 6.54 Å². The van der Waals surface area contributed by atoms with E-state index < -0.39 is 18.6 Å². The van der Waals surface area contributed by atoms with Crippen LogP contribution in [0.25, 0.3) is 0 Å². The highest BCUT2D eigenvalue weighted by molar-refractivity contribution is 5.73. The molecule has 0 aliphatic heterocycles. The molecular weight excluding hydrogens is 216 g/mol. The van der Waals surface area contributed by atoms with E-state index in [1.165, 1.54) is 0 Å². The maximum atomic E-state index is 11.0. The van der Waals surface area contributed by atoms with E-state index >= 15 is 0 Å². The number of carbonyl (C=O) groups is 2. The molecule has 0 unspecified atom stereocenters. The van der Waals surface area contributed by atoms with Crippen molar-refractivity contribution >= 4 is 12.0 Å². The molecule has 2 amide bonds. The van der Waals surface area contributed by atoms with Crippen molar-refractivity contribution in [3.63, 3.8) is 0 Å². The summed E-state index contributed by atoms with van der Waals surface area (Å²) < 4.78 is 1.61. The minimum Gasteiger partial charge on any atom is -0.479 e. The fourth-order valence-corrected chi connectivity index (χ4v) is 0.945. The summed E-state index contributed by atoms with van der Waals surface area (Å²) in [5, 5.41) is 14.6. The lowest BCUT2D eigenvalue weighted by Crippen LogP contribution is -2.36. The molecule has 16 heavy (non-hydrogen) atoms. The number of carboxylic acid groups (broad SMARTS) is 1. The zero-order valence-electron chi connectivity index (χ0n) is 8.64. The average Bonchev–Trinajstić information content (AvgIpc) is 2.61. The van der Waals surface area contributed by atoms with Gasteiger partial charge < -0.3 is 10.4 Å². The number of carbonyl (C=O) groups excluding carboxylic acids is 1. The third-order valence-electron chi connectivity index (χ3n) is 1.57. The summed E-state index contributed by atoms with van der Waals surface area (Å²) in [6.45, 7) is -0.295. The van der Waals surface area contributed by atoms with Gasteiger partial charge in [0.05, 0.1) is 6.20 Å². The SMILES string of the molecule is Cn1cc(CNC(=O)NOCC(=O)O)cn1. The summed E-state index contributed by atoms with van der Waals surface area (Å²) in [6, 6.07) is -0.606. The number of carboxylic acids is 1. The first kappa shape index (κ1) is 12.0. The van der Waals surface area contributed by atoms with Crippen LogP contribution in [0.15, 0.2) is 12.4 Å². The van der Waals surface area contributed by atoms with Crippen molar-refractivity contribution in [1.82, 2.24) is 20.6 Å². The number of nitrogens with zero attached hydrogens (tertiary/aromatic N) is 2. The Bertz CT molecular complexity index is 376. The highest BCUT2D eigenvalue weighted by Crippen LogP contribution is 1.94. The van der Waals surface area contributed by atoms with E-state index in [4.69, 9.17) is 5.11 Å². The fraction of sp³-hybridized carbons (Fsp3) is 0.375. The van der Waals surface area contributed by atoms with Crippen LogP contribution >= 0.6 is 0 Å². The zero-order valence-corrected chi connectivity index (χ0v) is 8.64. The van der Waals surface area contributed by atoms with Crippen molar-refractivity contribution in [1.29, 1.82) is 0 Å². The Kier molecular flexibility index (Phi) is 4.28. The minimum atomic E-state index is -1.16. The second kappa shape index (κ2) is 5.71. The Balaban J connectivity index is 2.17. The maximum Gasteiger partial charge on any atom is 0.338 e. The quantitative estimate of drug-likeness (QED) is 0.574. The molecule has 1 rings (SSSR count). The summed E-state index contributed by atoms with van der Waals surface area (Å²) in [5.74, 6) is -1.16. The van der Waals surface area contributed by atoms with Gasteiger partial charge in [-0.2, -0.15) is 5.10 Å². The van der Waals surface area contributed by atoms with Gasteiger partial charge in [0.25, 0.3) is 0 Å². The van der Waals surface area contributed by atoms with Gasteiger partial charge in [0.1, 0.15) is 0 Å². The topological polar surface area (TPSA) is 105 Å². The largest absolute Gasteiger partial charge is 0.479 e. The summed E-state index contributed by atoms with van der Waals surface area (Å²) in [5.41, 5.74) is 2.76. The molecule has 0 aromatic carbocycles. The van der Waals surface area contributed by atoms with E-state index in [1.807, 2.05) is 5.48 Å². The van der Waals surface area contributed by atoms with Crippen molar-refractivity contribution in [3.05, 3.63) is 18.0 Å². The van der Waals surface area contributed by atoms with Crippen LogP contribution in [-0.2, 0) is 23.2 Å². The molecule has 0 bridgehead atoms. The molecular formula is C8H12N4O4. The van der Waals surface area contributed by atoms with E-state index in [1.54, 1.807) is 24.1 Å². The Labute approximate surface area is 91.1 Å². The maximum absolute atomic E-state index is 11.0. The number of aromatic nitrogens is 2. The van der Waals surface area contributed by atoms with Gasteiger partial charge in [-0.1, -0.05) is 0 Å². The number of aliphatic carboxylic acids is 1. The fourth-order valence-electron chi connectivity index (χ4n) is 0.945. The molecule has 0 saturated heterocycles. The second-order valence-electron chi connectivity index (χ2n) is 2.99. The van der Waals surface area contributed by atoms with E-state index in [9.17, 15) is 9.59 Å². The molecule has 1 heterocycles. The molecule has 0 radical (unpaired) electrons. The predicted octanol–water partition coefficient (Wildman–Crippen LogP) is -0.764. The first-order chi connectivity index (χ1) is 7.58. The number of urea groups is 1. The minimum absolute atomic E-state index is 0.288. The van der Waals surface area contributed by atoms with Crippen LogP contribution in [0.5, 0.6) is 0 Å². The number of rotatable bonds is 5. The smallest absolute Gasteiger partial charge is 0.338 e. The summed E-state index contributed by atoms with van der Waals surface area (Å²) in [6.07, 6.45) is 3.36. The number of aryl methyl sites for hydroxylation is 1. The molecule has 8 nitrogen and oxygen atoms in total. The van der Waals surface area contributed by atoms with Gasteiger partial charge in [-0.3, -0.25) is 9.52 Å². The lowest BCUT2D eigenvalue weighted by Gasteiger charge is -2.04. The number of hydrogen-bond acceptors (Lipinski definition) is 4. The van der Waals surface area contributed by atoms with Crippen LogP contribution in [0.3, 0.4) is 0 Å². The lowest BCUT2D eigenvalue weighted by atomic mass is 10.4. The summed E-state index contributed by atoms with van der Waals surface area (Å²) in [7, 11) is 1.76. The van der Waals surface area contributed by atoms with Crippen molar-refractivity contribution in [2.45, 2.75) is 6.54 Å². The third kappa shape index (κ3) is 4.42. The Morgan fingerprint density at radius 3 is 2.94 bits per heavy atom. The lowest BCUT2D eigenvalue weighted by molar-refractivity contribution is -0.144. The van der Waals surface area contributed by atoms with Crippen LogP contribution in [0.1, 0.15) is 5.56 Å². The standard InChI is InChI=1S/C8H12N4O4/c1-12-4-6(3-10-12)2-9-8(15)11-16-5-7(13)14/h3-4H,2,5H2,1H3,(H,13,14)(H2,9,11,15). The van der Waals surface area contributed by atoms with Crippen molar-refractivity contribution in [2.24, 2.45) is 7.05 Å². The zero-order chi connectivity index (χ0) is 12.0. The number of hydroxylamine groups is 1. The van der Waals surface area contributed by atoms with Gasteiger partial charge in [-0.15, -0.1) is 0 Å². The normalized spacial score (nSPS) is 9.81. The molecule has 1 aromatic heterocycles. The van der Waals surface area contributed by atoms with Crippen LogP contribution < -0.4 is 10.8 Å². The average molecular weight is 228 g/mol. The van der Waals surface area contributed by atoms with Gasteiger partial charge in [0, 0.05) is 25.4 Å². The van der Waals surface area contributed by atoms with Crippen molar-refractivity contribution in [2.75, 3.05) is 6.61 Å². The van der Waals surface area contributed by atoms with Crippen molar-refractivity contribution in [3.8, 4) is 0 Å². The third-order valence-corrected chi connectivity index (χ3v) is 1.57. The number of nitrogens with one attached hydrogen (secondary N) is 2. The first-order valence-electron chi connectivity index (χ1n) is 4.43. The molecule has 1 aromatic rings. The molecule has 0 atom stereocenters. The first-order valence-corrected chi connectivity index (χ1v) is 4.43. The van der Waals surface area contributed by atoms with E-state index in [2.05, 4.69) is 15.3 Å². The van der Waals surface area contributed by atoms with Gasteiger partial charge in [-0.25, -0.2) is 15.1 Å². The van der Waals surface area contributed by atoms with Gasteiger partial charge >= 0.3 is 12.0 Å². The molecule has 88 valence electrons. The molecule has 0 fully saturated rings. The Morgan fingerprint density at radius 2 is 2.38 bits per heavy atom. The van der Waals surface area contributed by atoms with Crippen LogP contribution in [-0.4, -0.2) is 33.5 Å². The van der Waals surface area contributed by atoms with Gasteiger partial charge in [0.2, 0.25) is 0 Å². The number of hydrogen-bond donors (Lipinski definition) is 3. The highest BCUT2D eigenvalue weighted by atomic mass is 16.7. The molecule has 0 spiro atoms. The van der Waals surface area contributed by atoms with Gasteiger partial charge in [0.15, 0.2) is 6.61 Å². The van der Waals surface area contributed by atoms with Crippen LogP contribution in [0.4, 0.5) is 4.79 Å². The molecule has 0 aliphatic rings. The van der Waals surface area contributed by atoms with E-state index in [0.717, 1.165) is 5.56 Å². The molecule has 0 saturated carbocycles. The predicted molar refractivity (Wildman–Crippen MR) is 52.2 cm³/mol. The summed E-state index contributed by atoms with van der Waals surface area (Å²) >= 11 is 0. The highest BCUT2D eigenvalue weighted by Gasteiger charge is 2.03. The Hall–Kier alpha value is -2.09. The second-order valence-corrected chi connectivity index (χ2v) is 2.99. The summed E-state index contributed by atoms with van der Waals surface area (Å²) in [4.78, 5) is 25.5. The molecule has 8 heteroatoms. The van der Waals surface area contributed by atoms with Gasteiger partial charge in [-0.05, 0) is 0 Å². The van der Waals surface area contributed by atoms with Crippen LogP contribution in [0, 0.1) is 0 Å².